The Morgan fingerprint density at radius 2 is 1.27 bits per heavy atom. The maximum absolute atomic E-state index is 10.6. The Balaban J connectivity index is 4.11. The maximum Gasteiger partial charge on any atom is 0.152 e. The molecule has 10 nitrogen and oxygen atoms in total. The van der Waals surface area contributed by atoms with Gasteiger partial charge in [-0.1, -0.05) is 31.8 Å². The smallest absolute Gasteiger partial charge is 0.152 e. The van der Waals surface area contributed by atoms with E-state index in [2.05, 4.69) is 20.1 Å². The zero-order valence-corrected chi connectivity index (χ0v) is 14.7. The Labute approximate surface area is 140 Å². The topological polar surface area (TPSA) is 172 Å². The van der Waals surface area contributed by atoms with Crippen molar-refractivity contribution in [3.05, 3.63) is 20.9 Å². The Hall–Kier alpha value is -0.460. The first kappa shape index (κ1) is 21.5. The van der Waals surface area contributed by atoms with Crippen molar-refractivity contribution in [2.24, 2.45) is 10.2 Å². The van der Waals surface area contributed by atoms with Gasteiger partial charge < -0.3 is 9.11 Å². The zero-order chi connectivity index (χ0) is 16.8. The fraction of sp³-hybridized carbons (Fsp3) is 1.00. The molecule has 0 saturated carbocycles. The van der Waals surface area contributed by atoms with Gasteiger partial charge in [0.25, 0.3) is 0 Å². The summed E-state index contributed by atoms with van der Waals surface area (Å²) in [6, 6.07) is -0.775. The van der Waals surface area contributed by atoms with Crippen LogP contribution in [0.5, 0.6) is 0 Å². The molecule has 2 unspecified atom stereocenters. The van der Waals surface area contributed by atoms with Gasteiger partial charge in [0.2, 0.25) is 0 Å². The summed E-state index contributed by atoms with van der Waals surface area (Å²) in [5, 5.41) is 7.11. The molecule has 0 aliphatic carbocycles. The zero-order valence-electron chi connectivity index (χ0n) is 11.4. The summed E-state index contributed by atoms with van der Waals surface area (Å²) >= 11 is -3.84. The summed E-state index contributed by atoms with van der Waals surface area (Å²) in [7, 11) is 2.78. The molecule has 0 aromatic heterocycles. The van der Waals surface area contributed by atoms with Crippen molar-refractivity contribution in [3.63, 3.8) is 0 Å². The molecule has 0 aliphatic rings. The largest absolute Gasteiger partial charge is 0.306 e. The van der Waals surface area contributed by atoms with Crippen LogP contribution in [0, 0.1) is 0 Å². The van der Waals surface area contributed by atoms with Gasteiger partial charge in [0, 0.05) is 44.9 Å². The second-order valence-corrected chi connectivity index (χ2v) is 8.57. The molecule has 0 radical (unpaired) electrons. The lowest BCUT2D eigenvalue weighted by Gasteiger charge is -2.11. The molecule has 0 spiro atoms. The van der Waals surface area contributed by atoms with Crippen LogP contribution in [-0.2, 0) is 22.2 Å². The number of hydrogen-bond donors (Lipinski definition) is 2. The predicted molar refractivity (Wildman–Crippen MR) is 91.3 cm³/mol. The minimum Gasteiger partial charge on any atom is -0.306 e. The third kappa shape index (κ3) is 13.2. The van der Waals surface area contributed by atoms with Crippen LogP contribution in [0.4, 0.5) is 0 Å². The van der Waals surface area contributed by atoms with Crippen molar-refractivity contribution < 1.29 is 17.5 Å². The quantitative estimate of drug-likeness (QED) is 0.122. The second kappa shape index (κ2) is 14.2. The molecule has 126 valence electrons. The van der Waals surface area contributed by atoms with Crippen LogP contribution >= 0.6 is 21.6 Å². The van der Waals surface area contributed by atoms with Crippen molar-refractivity contribution in [1.29, 1.82) is 0 Å². The molecule has 0 bridgehead atoms. The first-order valence-electron chi connectivity index (χ1n) is 5.97. The fourth-order valence-electron chi connectivity index (χ4n) is 1.22. The van der Waals surface area contributed by atoms with Gasteiger partial charge in [-0.05, 0) is 23.9 Å². The van der Waals surface area contributed by atoms with Gasteiger partial charge in [-0.25, -0.2) is 8.42 Å². The SMILES string of the molecule is [N-]=[N+]=N[C@@H](CCS(=O)O)CSSC[C@H](CCS(=O)O)N=[N+]=[N-]. The Bertz CT molecular complexity index is 426. The molecule has 14 heteroatoms. The van der Waals surface area contributed by atoms with Gasteiger partial charge in [-0.3, -0.25) is 0 Å². The monoisotopic (exact) mass is 388 g/mol. The molecule has 0 heterocycles. The third-order valence-electron chi connectivity index (χ3n) is 2.29. The van der Waals surface area contributed by atoms with Crippen LogP contribution in [-0.4, -0.2) is 52.6 Å². The van der Waals surface area contributed by atoms with E-state index in [-0.39, 0.29) is 23.6 Å². The summed E-state index contributed by atoms with van der Waals surface area (Å²) < 4.78 is 38.6. The van der Waals surface area contributed by atoms with Gasteiger partial charge in [0.05, 0.1) is 0 Å². The molecule has 0 rings (SSSR count). The van der Waals surface area contributed by atoms with E-state index in [4.69, 9.17) is 20.2 Å². The lowest BCUT2D eigenvalue weighted by atomic mass is 10.3. The predicted octanol–water partition coefficient (Wildman–Crippen LogP) is 2.95. The Morgan fingerprint density at radius 1 is 0.909 bits per heavy atom. The molecule has 4 atom stereocenters. The second-order valence-electron chi connectivity index (χ2n) is 3.92. The maximum atomic E-state index is 10.6. The van der Waals surface area contributed by atoms with Crippen LogP contribution in [0.1, 0.15) is 12.8 Å². The summed E-state index contributed by atoms with van der Waals surface area (Å²) in [5.41, 5.74) is 16.9. The van der Waals surface area contributed by atoms with E-state index >= 15 is 0 Å². The molecule has 0 amide bonds. The summed E-state index contributed by atoms with van der Waals surface area (Å²) in [4.78, 5) is 5.40. The van der Waals surface area contributed by atoms with E-state index in [1.165, 1.54) is 21.6 Å². The van der Waals surface area contributed by atoms with Gasteiger partial charge in [-0.2, -0.15) is 0 Å². The summed E-state index contributed by atoms with van der Waals surface area (Å²) in [6.45, 7) is 0. The van der Waals surface area contributed by atoms with Crippen molar-refractivity contribution in [2.75, 3.05) is 23.0 Å². The molecule has 0 saturated heterocycles. The highest BCUT2D eigenvalue weighted by molar-refractivity contribution is 8.76. The molecular formula is C8H16N6O4S4. The van der Waals surface area contributed by atoms with Crippen LogP contribution in [0.2, 0.25) is 0 Å². The molecule has 0 aliphatic heterocycles. The number of nitrogens with zero attached hydrogens (tertiary/aromatic N) is 6. The summed E-state index contributed by atoms with van der Waals surface area (Å²) in [5.74, 6) is 0.999. The molecule has 0 aromatic carbocycles. The van der Waals surface area contributed by atoms with Crippen molar-refractivity contribution in [2.45, 2.75) is 24.9 Å². The van der Waals surface area contributed by atoms with Gasteiger partial charge >= 0.3 is 0 Å². The van der Waals surface area contributed by atoms with Crippen LogP contribution in [0.15, 0.2) is 10.2 Å². The Morgan fingerprint density at radius 3 is 1.55 bits per heavy atom. The van der Waals surface area contributed by atoms with Crippen molar-refractivity contribution in [1.82, 2.24) is 0 Å². The average Bonchev–Trinajstić information content (AvgIpc) is 2.46. The lowest BCUT2D eigenvalue weighted by Crippen LogP contribution is -2.13. The highest BCUT2D eigenvalue weighted by atomic mass is 33.1. The highest BCUT2D eigenvalue weighted by Crippen LogP contribution is 2.26. The molecule has 22 heavy (non-hydrogen) atoms. The van der Waals surface area contributed by atoms with E-state index in [9.17, 15) is 8.42 Å². The highest BCUT2D eigenvalue weighted by Gasteiger charge is 2.11. The first-order valence-corrected chi connectivity index (χ1v) is 11.0. The minimum atomic E-state index is -1.92. The van der Waals surface area contributed by atoms with E-state index in [1.807, 2.05) is 0 Å². The third-order valence-corrected chi connectivity index (χ3v) is 5.98. The normalized spacial score (nSPS) is 15.9. The number of azide groups is 2. The number of rotatable bonds is 13. The first-order chi connectivity index (χ1) is 10.5. The summed E-state index contributed by atoms with van der Waals surface area (Å²) in [6.07, 6.45) is 0.619. The van der Waals surface area contributed by atoms with Crippen LogP contribution < -0.4 is 0 Å². The molecule has 0 aromatic rings. The minimum absolute atomic E-state index is 0.0403. The van der Waals surface area contributed by atoms with Crippen molar-refractivity contribution in [3.8, 4) is 0 Å². The van der Waals surface area contributed by atoms with E-state index in [0.29, 0.717) is 24.3 Å². The standard InChI is InChI=1S/C8H16N6O4S4/c9-13-11-7(1-3-21(15)16)5-19-20-6-8(12-14-10)2-4-22(17)18/h7-8H,1-6H2,(H,15,16)(H,17,18)/t7-,8-/m0/s1. The van der Waals surface area contributed by atoms with Gasteiger partial charge in [0.15, 0.2) is 22.2 Å². The van der Waals surface area contributed by atoms with Crippen molar-refractivity contribution >= 4 is 43.7 Å². The molecule has 0 fully saturated rings. The Kier molecular flexibility index (Phi) is 13.9. The molecule has 2 N–H and O–H groups in total. The van der Waals surface area contributed by atoms with E-state index in [1.54, 1.807) is 0 Å². The molecular weight excluding hydrogens is 372 g/mol. The van der Waals surface area contributed by atoms with Crippen LogP contribution in [0.3, 0.4) is 0 Å². The van der Waals surface area contributed by atoms with Gasteiger partial charge in [-0.15, -0.1) is 0 Å². The fourth-order valence-corrected chi connectivity index (χ4v) is 4.66. The van der Waals surface area contributed by atoms with Crippen LogP contribution in [0.25, 0.3) is 20.9 Å². The van der Waals surface area contributed by atoms with E-state index in [0.717, 1.165) is 0 Å². The average molecular weight is 389 g/mol. The number of hydrogen-bond acceptors (Lipinski definition) is 6. The van der Waals surface area contributed by atoms with E-state index < -0.39 is 22.2 Å². The van der Waals surface area contributed by atoms with Gasteiger partial charge in [0.1, 0.15) is 0 Å². The lowest BCUT2D eigenvalue weighted by molar-refractivity contribution is 0.556.